The highest BCUT2D eigenvalue weighted by Crippen LogP contribution is 2.40. The Morgan fingerprint density at radius 3 is 2.47 bits per heavy atom. The second-order valence-electron chi connectivity index (χ2n) is 10.1. The number of hydrogen-bond donors (Lipinski definition) is 0. The molecule has 0 bridgehead atoms. The van der Waals surface area contributed by atoms with Crippen LogP contribution in [-0.4, -0.2) is 31.9 Å². The van der Waals surface area contributed by atoms with E-state index >= 15 is 4.39 Å². The number of likely N-dealkylation sites (tertiary alicyclic amines) is 1. The molecular formula is C29H29FN4OS. The minimum absolute atomic E-state index is 0.305. The fourth-order valence-corrected chi connectivity index (χ4v) is 6.72. The molecule has 1 unspecified atom stereocenters. The van der Waals surface area contributed by atoms with Gasteiger partial charge in [0.1, 0.15) is 11.0 Å². The summed E-state index contributed by atoms with van der Waals surface area (Å²) >= 11 is 1.61. The van der Waals surface area contributed by atoms with Gasteiger partial charge in [0.05, 0.1) is 15.4 Å². The molecule has 184 valence electrons. The van der Waals surface area contributed by atoms with Gasteiger partial charge in [-0.1, -0.05) is 30.3 Å². The van der Waals surface area contributed by atoms with E-state index in [0.29, 0.717) is 40.8 Å². The zero-order valence-corrected chi connectivity index (χ0v) is 21.8. The molecule has 0 radical (unpaired) electrons. The summed E-state index contributed by atoms with van der Waals surface area (Å²) in [4.78, 5) is 16.4. The van der Waals surface area contributed by atoms with Crippen molar-refractivity contribution >= 4 is 32.8 Å². The van der Waals surface area contributed by atoms with E-state index in [0.717, 1.165) is 45.7 Å². The maximum Gasteiger partial charge on any atom is 0.247 e. The normalized spacial score (nSPS) is 21.0. The quantitative estimate of drug-likeness (QED) is 0.257. The van der Waals surface area contributed by atoms with E-state index in [1.807, 2.05) is 19.1 Å². The predicted octanol–water partition coefficient (Wildman–Crippen LogP) is 7.41. The lowest BCUT2D eigenvalue weighted by Crippen LogP contribution is -2.45. The summed E-state index contributed by atoms with van der Waals surface area (Å²) in [5, 5.41) is 1.03. The molecule has 2 aromatic carbocycles. The van der Waals surface area contributed by atoms with E-state index in [4.69, 9.17) is 9.40 Å². The SMILES string of the molecule is Cc1nc2c(C)cc(-c3cc(F)c4nc(C5C[C@@H](C)N(Cc6ccccc6)[C@@H](C)C5)sc4c3)nc2o1. The summed E-state index contributed by atoms with van der Waals surface area (Å²) in [6, 6.07) is 17.0. The molecule has 1 fully saturated rings. The van der Waals surface area contributed by atoms with E-state index in [1.165, 1.54) is 11.6 Å². The van der Waals surface area contributed by atoms with E-state index in [1.54, 1.807) is 18.3 Å². The highest BCUT2D eigenvalue weighted by molar-refractivity contribution is 7.18. The molecule has 3 atom stereocenters. The smallest absolute Gasteiger partial charge is 0.247 e. The van der Waals surface area contributed by atoms with Gasteiger partial charge in [-0.05, 0) is 62.9 Å². The third-order valence-electron chi connectivity index (χ3n) is 7.37. The number of pyridine rings is 1. The van der Waals surface area contributed by atoms with E-state index in [2.05, 4.69) is 59.0 Å². The highest BCUT2D eigenvalue weighted by Gasteiger charge is 2.33. The second-order valence-corrected chi connectivity index (χ2v) is 11.2. The van der Waals surface area contributed by atoms with Crippen LogP contribution in [0, 0.1) is 19.7 Å². The number of aryl methyl sites for hydroxylation is 2. The molecule has 0 spiro atoms. The number of fused-ring (bicyclic) bond motifs is 2. The van der Waals surface area contributed by atoms with Crippen LogP contribution in [-0.2, 0) is 6.54 Å². The summed E-state index contributed by atoms with van der Waals surface area (Å²) in [6.45, 7) is 9.33. The molecule has 6 rings (SSSR count). The fraction of sp³-hybridized carbons (Fsp3) is 0.345. The molecule has 1 saturated heterocycles. The van der Waals surface area contributed by atoms with Gasteiger partial charge in [0.25, 0.3) is 0 Å². The van der Waals surface area contributed by atoms with E-state index in [9.17, 15) is 0 Å². The zero-order chi connectivity index (χ0) is 25.0. The number of piperidine rings is 1. The maximum absolute atomic E-state index is 15.3. The molecule has 5 aromatic rings. The lowest BCUT2D eigenvalue weighted by atomic mass is 9.87. The van der Waals surface area contributed by atoms with Gasteiger partial charge in [0.15, 0.2) is 11.7 Å². The van der Waals surface area contributed by atoms with Crippen LogP contribution in [0.25, 0.3) is 32.7 Å². The molecule has 4 heterocycles. The molecule has 36 heavy (non-hydrogen) atoms. The molecule has 1 aliphatic heterocycles. The number of nitrogens with zero attached hydrogens (tertiary/aromatic N) is 4. The number of oxazole rings is 1. The topological polar surface area (TPSA) is 55.1 Å². The standard InChI is InChI=1S/C29H29FN4OS/c1-16-10-24(32-28-26(16)31-19(4)35-28)21-13-23(30)27-25(14-21)36-29(33-27)22-11-17(2)34(18(3)12-22)15-20-8-6-5-7-9-20/h5-10,13-14,17-18,22H,11-12,15H2,1-4H3/t17-,18+,22?. The first-order valence-corrected chi connectivity index (χ1v) is 13.3. The second kappa shape index (κ2) is 9.05. The van der Waals surface area contributed by atoms with Crippen LogP contribution in [0.15, 0.2) is 52.9 Å². The van der Waals surface area contributed by atoms with Crippen LogP contribution in [0.1, 0.15) is 54.6 Å². The lowest BCUT2D eigenvalue weighted by molar-refractivity contribution is 0.0829. The first kappa shape index (κ1) is 23.3. The van der Waals surface area contributed by atoms with Crippen molar-refractivity contribution in [3.63, 3.8) is 0 Å². The number of halogens is 1. The highest BCUT2D eigenvalue weighted by atomic mass is 32.1. The van der Waals surface area contributed by atoms with Gasteiger partial charge < -0.3 is 4.42 Å². The van der Waals surface area contributed by atoms with Gasteiger partial charge in [0, 0.05) is 37.0 Å². The van der Waals surface area contributed by atoms with Crippen LogP contribution in [0.2, 0.25) is 0 Å². The lowest BCUT2D eigenvalue weighted by Gasteiger charge is -2.42. The van der Waals surface area contributed by atoms with E-state index < -0.39 is 0 Å². The van der Waals surface area contributed by atoms with Crippen molar-refractivity contribution in [3.05, 3.63) is 76.4 Å². The Morgan fingerprint density at radius 1 is 0.972 bits per heavy atom. The molecule has 0 aliphatic carbocycles. The Bertz CT molecular complexity index is 1550. The predicted molar refractivity (Wildman–Crippen MR) is 143 cm³/mol. The summed E-state index contributed by atoms with van der Waals surface area (Å²) in [5.41, 5.74) is 5.41. The molecule has 7 heteroatoms. The van der Waals surface area contributed by atoms with Crippen molar-refractivity contribution in [2.75, 3.05) is 0 Å². The monoisotopic (exact) mass is 500 g/mol. The van der Waals surface area contributed by atoms with Crippen LogP contribution >= 0.6 is 11.3 Å². The first-order valence-electron chi connectivity index (χ1n) is 12.5. The van der Waals surface area contributed by atoms with Crippen molar-refractivity contribution < 1.29 is 8.81 Å². The van der Waals surface area contributed by atoms with Crippen molar-refractivity contribution in [2.24, 2.45) is 0 Å². The third-order valence-corrected chi connectivity index (χ3v) is 8.53. The summed E-state index contributed by atoms with van der Waals surface area (Å²) in [5.74, 6) is 0.599. The Balaban J connectivity index is 1.29. The van der Waals surface area contributed by atoms with Crippen molar-refractivity contribution in [1.82, 2.24) is 19.9 Å². The van der Waals surface area contributed by atoms with Gasteiger partial charge in [0.2, 0.25) is 5.71 Å². The van der Waals surface area contributed by atoms with Crippen LogP contribution < -0.4 is 0 Å². The fourth-order valence-electron chi connectivity index (χ4n) is 5.57. The Labute approximate surface area is 214 Å². The summed E-state index contributed by atoms with van der Waals surface area (Å²) in [7, 11) is 0. The van der Waals surface area contributed by atoms with Crippen LogP contribution in [0.3, 0.4) is 0 Å². The number of benzene rings is 2. The third kappa shape index (κ3) is 4.20. The van der Waals surface area contributed by atoms with Crippen molar-refractivity contribution in [3.8, 4) is 11.3 Å². The Kier molecular flexibility index (Phi) is 5.85. The minimum atomic E-state index is -0.305. The molecule has 1 aliphatic rings. The van der Waals surface area contributed by atoms with Gasteiger partial charge >= 0.3 is 0 Å². The number of hydrogen-bond acceptors (Lipinski definition) is 6. The Hall–Kier alpha value is -3.16. The molecule has 0 amide bonds. The Morgan fingerprint density at radius 2 is 1.72 bits per heavy atom. The van der Waals surface area contributed by atoms with Crippen LogP contribution in [0.5, 0.6) is 0 Å². The molecule has 3 aromatic heterocycles. The van der Waals surface area contributed by atoms with Crippen molar-refractivity contribution in [2.45, 2.75) is 65.1 Å². The molecule has 0 saturated carbocycles. The average molecular weight is 501 g/mol. The van der Waals surface area contributed by atoms with Gasteiger partial charge in [-0.2, -0.15) is 0 Å². The van der Waals surface area contributed by atoms with Crippen molar-refractivity contribution in [1.29, 1.82) is 0 Å². The molecule has 5 nitrogen and oxygen atoms in total. The minimum Gasteiger partial charge on any atom is -0.423 e. The van der Waals surface area contributed by atoms with E-state index in [-0.39, 0.29) is 5.82 Å². The summed E-state index contributed by atoms with van der Waals surface area (Å²) < 4.78 is 21.8. The van der Waals surface area contributed by atoms with Crippen LogP contribution in [0.4, 0.5) is 4.39 Å². The van der Waals surface area contributed by atoms with Gasteiger partial charge in [-0.3, -0.25) is 4.90 Å². The number of rotatable bonds is 4. The number of thiazole rings is 1. The molecular weight excluding hydrogens is 471 g/mol. The number of aromatic nitrogens is 3. The largest absolute Gasteiger partial charge is 0.423 e. The first-order chi connectivity index (χ1) is 17.4. The zero-order valence-electron chi connectivity index (χ0n) is 21.0. The molecule has 0 N–H and O–H groups in total. The summed E-state index contributed by atoms with van der Waals surface area (Å²) in [6.07, 6.45) is 2.04. The average Bonchev–Trinajstić information content (AvgIpc) is 3.45. The van der Waals surface area contributed by atoms with Gasteiger partial charge in [-0.25, -0.2) is 19.3 Å². The maximum atomic E-state index is 15.3. The van der Waals surface area contributed by atoms with Gasteiger partial charge in [-0.15, -0.1) is 11.3 Å².